The van der Waals surface area contributed by atoms with Crippen LogP contribution in [0.3, 0.4) is 0 Å². The van der Waals surface area contributed by atoms with Crippen molar-refractivity contribution in [3.63, 3.8) is 0 Å². The van der Waals surface area contributed by atoms with Crippen molar-refractivity contribution in [3.8, 4) is 5.69 Å². The molecule has 6 nitrogen and oxygen atoms in total. The van der Waals surface area contributed by atoms with Crippen molar-refractivity contribution >= 4 is 17.4 Å². The molecule has 1 fully saturated rings. The highest BCUT2D eigenvalue weighted by Crippen LogP contribution is 2.23. The molecule has 0 amide bonds. The standard InChI is InChI=1S/C23H29N5OS/c1-18-8-9-21(19(2)16-18)24-17-22-25-26-23(28(22)20-6-4-3-5-7-20)30-15-12-27-10-13-29-14-11-27/h3-9,16,24H,10-15,17H2,1-2H3/p+1. The van der Waals surface area contributed by atoms with Crippen molar-refractivity contribution in [2.75, 3.05) is 43.9 Å². The van der Waals surface area contributed by atoms with Crippen molar-refractivity contribution in [1.82, 2.24) is 14.8 Å². The van der Waals surface area contributed by atoms with Gasteiger partial charge in [-0.1, -0.05) is 47.7 Å². The van der Waals surface area contributed by atoms with Gasteiger partial charge in [0.1, 0.15) is 13.1 Å². The summed E-state index contributed by atoms with van der Waals surface area (Å²) in [6.45, 7) is 9.92. The normalized spacial score (nSPS) is 14.7. The molecule has 1 saturated heterocycles. The van der Waals surface area contributed by atoms with Gasteiger partial charge in [-0.15, -0.1) is 10.2 Å². The largest absolute Gasteiger partial charge is 0.378 e. The van der Waals surface area contributed by atoms with Crippen LogP contribution in [-0.2, 0) is 11.3 Å². The molecule has 1 aliphatic heterocycles. The van der Waals surface area contributed by atoms with Gasteiger partial charge in [0.25, 0.3) is 0 Å². The Morgan fingerprint density at radius 2 is 1.87 bits per heavy atom. The van der Waals surface area contributed by atoms with Crippen molar-refractivity contribution in [2.24, 2.45) is 0 Å². The molecule has 4 rings (SSSR count). The summed E-state index contributed by atoms with van der Waals surface area (Å²) in [7, 11) is 0. The second-order valence-corrected chi connectivity index (χ2v) is 8.76. The fourth-order valence-corrected chi connectivity index (χ4v) is 4.74. The number of anilines is 1. The summed E-state index contributed by atoms with van der Waals surface area (Å²) < 4.78 is 7.64. The van der Waals surface area contributed by atoms with E-state index in [1.165, 1.54) is 11.1 Å². The summed E-state index contributed by atoms with van der Waals surface area (Å²) >= 11 is 1.78. The molecule has 0 saturated carbocycles. The van der Waals surface area contributed by atoms with Crippen LogP contribution in [0.25, 0.3) is 5.69 Å². The van der Waals surface area contributed by atoms with Gasteiger partial charge in [0, 0.05) is 11.4 Å². The monoisotopic (exact) mass is 424 g/mol. The number of nitrogens with one attached hydrogen (secondary N) is 2. The quantitative estimate of drug-likeness (QED) is 0.544. The lowest BCUT2D eigenvalue weighted by atomic mass is 10.1. The highest BCUT2D eigenvalue weighted by atomic mass is 32.2. The number of rotatable bonds is 8. The smallest absolute Gasteiger partial charge is 0.196 e. The van der Waals surface area contributed by atoms with Crippen LogP contribution in [-0.4, -0.2) is 53.4 Å². The van der Waals surface area contributed by atoms with Crippen molar-refractivity contribution < 1.29 is 9.64 Å². The topological polar surface area (TPSA) is 56.4 Å². The molecule has 158 valence electrons. The van der Waals surface area contributed by atoms with E-state index in [0.717, 1.165) is 61.0 Å². The maximum Gasteiger partial charge on any atom is 0.196 e. The van der Waals surface area contributed by atoms with Crippen LogP contribution in [0, 0.1) is 13.8 Å². The average Bonchev–Trinajstić information content (AvgIpc) is 3.17. The summed E-state index contributed by atoms with van der Waals surface area (Å²) in [4.78, 5) is 1.61. The first-order valence-corrected chi connectivity index (χ1v) is 11.5. The number of hydrogen-bond acceptors (Lipinski definition) is 5. The second kappa shape index (κ2) is 10.1. The molecule has 2 N–H and O–H groups in total. The molecule has 30 heavy (non-hydrogen) atoms. The van der Waals surface area contributed by atoms with Crippen LogP contribution < -0.4 is 10.2 Å². The number of ether oxygens (including phenoxy) is 1. The molecule has 0 atom stereocenters. The number of hydrogen-bond donors (Lipinski definition) is 2. The predicted octanol–water partition coefficient (Wildman–Crippen LogP) is 2.50. The summed E-state index contributed by atoms with van der Waals surface area (Å²) in [5.41, 5.74) is 4.74. The number of para-hydroxylation sites is 1. The molecule has 0 spiro atoms. The highest BCUT2D eigenvalue weighted by molar-refractivity contribution is 7.99. The van der Waals surface area contributed by atoms with Gasteiger partial charge in [-0.25, -0.2) is 0 Å². The Morgan fingerprint density at radius 1 is 1.07 bits per heavy atom. The number of aryl methyl sites for hydroxylation is 2. The van der Waals surface area contributed by atoms with Crippen LogP contribution in [0.1, 0.15) is 17.0 Å². The third-order valence-corrected chi connectivity index (χ3v) is 6.35. The summed E-state index contributed by atoms with van der Waals surface area (Å²) in [6.07, 6.45) is 0. The lowest BCUT2D eigenvalue weighted by Gasteiger charge is -2.23. The predicted molar refractivity (Wildman–Crippen MR) is 122 cm³/mol. The minimum Gasteiger partial charge on any atom is -0.378 e. The fraction of sp³-hybridized carbons (Fsp3) is 0.391. The zero-order valence-electron chi connectivity index (χ0n) is 17.7. The van der Waals surface area contributed by atoms with E-state index >= 15 is 0 Å². The van der Waals surface area contributed by atoms with E-state index < -0.39 is 0 Å². The third kappa shape index (κ3) is 5.22. The Labute approximate surface area is 182 Å². The van der Waals surface area contributed by atoms with Gasteiger partial charge >= 0.3 is 0 Å². The van der Waals surface area contributed by atoms with Gasteiger partial charge in [0.05, 0.1) is 32.1 Å². The molecule has 0 radical (unpaired) electrons. The highest BCUT2D eigenvalue weighted by Gasteiger charge is 2.17. The lowest BCUT2D eigenvalue weighted by molar-refractivity contribution is -0.905. The van der Waals surface area contributed by atoms with E-state index in [4.69, 9.17) is 4.74 Å². The SMILES string of the molecule is Cc1ccc(NCc2nnc(SCC[NH+]3CCOCC3)n2-c2ccccc2)c(C)c1. The molecule has 2 heterocycles. The fourth-order valence-electron chi connectivity index (χ4n) is 3.73. The first-order chi connectivity index (χ1) is 14.7. The van der Waals surface area contributed by atoms with Crippen molar-refractivity contribution in [3.05, 3.63) is 65.5 Å². The number of nitrogens with zero attached hydrogens (tertiary/aromatic N) is 3. The lowest BCUT2D eigenvalue weighted by Crippen LogP contribution is -3.14. The Balaban J connectivity index is 1.48. The number of thioether (sulfide) groups is 1. The van der Waals surface area contributed by atoms with E-state index in [0.29, 0.717) is 6.54 Å². The molecular formula is C23H30N5OS+. The molecule has 0 unspecified atom stereocenters. The molecule has 2 aromatic carbocycles. The van der Waals surface area contributed by atoms with E-state index in [-0.39, 0.29) is 0 Å². The molecule has 7 heteroatoms. The van der Waals surface area contributed by atoms with Crippen LogP contribution in [0.2, 0.25) is 0 Å². The van der Waals surface area contributed by atoms with Gasteiger partial charge in [0.2, 0.25) is 0 Å². The summed E-state index contributed by atoms with van der Waals surface area (Å²) in [5, 5.41) is 13.5. The van der Waals surface area contributed by atoms with E-state index in [2.05, 4.69) is 76.4 Å². The average molecular weight is 425 g/mol. The van der Waals surface area contributed by atoms with Crippen LogP contribution in [0.15, 0.2) is 53.7 Å². The number of morpholine rings is 1. The Hall–Kier alpha value is -2.35. The van der Waals surface area contributed by atoms with Crippen LogP contribution in [0.4, 0.5) is 5.69 Å². The van der Waals surface area contributed by atoms with Gasteiger partial charge in [-0.2, -0.15) is 0 Å². The van der Waals surface area contributed by atoms with Gasteiger partial charge in [-0.3, -0.25) is 4.57 Å². The first-order valence-electron chi connectivity index (χ1n) is 10.6. The zero-order valence-corrected chi connectivity index (χ0v) is 18.5. The maximum absolute atomic E-state index is 5.46. The Bertz CT molecular complexity index is 953. The van der Waals surface area contributed by atoms with E-state index in [1.54, 1.807) is 16.7 Å². The van der Waals surface area contributed by atoms with Crippen LogP contribution >= 0.6 is 11.8 Å². The van der Waals surface area contributed by atoms with Crippen LogP contribution in [0.5, 0.6) is 0 Å². The zero-order chi connectivity index (χ0) is 20.8. The molecular weight excluding hydrogens is 394 g/mol. The molecule has 0 bridgehead atoms. The van der Waals surface area contributed by atoms with Gasteiger partial charge in [-0.05, 0) is 37.6 Å². The number of aromatic nitrogens is 3. The Morgan fingerprint density at radius 3 is 2.63 bits per heavy atom. The minimum atomic E-state index is 0.626. The van der Waals surface area contributed by atoms with Gasteiger partial charge < -0.3 is 15.0 Å². The summed E-state index contributed by atoms with van der Waals surface area (Å²) in [5.74, 6) is 1.94. The molecule has 0 aliphatic carbocycles. The Kier molecular flexibility index (Phi) is 7.04. The van der Waals surface area contributed by atoms with Crippen molar-refractivity contribution in [1.29, 1.82) is 0 Å². The third-order valence-electron chi connectivity index (χ3n) is 5.42. The molecule has 1 aliphatic rings. The summed E-state index contributed by atoms with van der Waals surface area (Å²) in [6, 6.07) is 16.8. The van der Waals surface area contributed by atoms with E-state index in [9.17, 15) is 0 Å². The molecule has 1 aromatic heterocycles. The van der Waals surface area contributed by atoms with E-state index in [1.807, 2.05) is 6.07 Å². The second-order valence-electron chi connectivity index (χ2n) is 7.70. The minimum absolute atomic E-state index is 0.626. The first kappa shape index (κ1) is 20.9. The van der Waals surface area contributed by atoms with Crippen molar-refractivity contribution in [2.45, 2.75) is 25.5 Å². The van der Waals surface area contributed by atoms with Gasteiger partial charge in [0.15, 0.2) is 11.0 Å². The number of benzene rings is 2. The maximum atomic E-state index is 5.46. The molecule has 3 aromatic rings. The number of quaternary nitrogens is 1.